The Bertz CT molecular complexity index is 566. The van der Waals surface area contributed by atoms with Crippen molar-refractivity contribution in [1.29, 1.82) is 0 Å². The van der Waals surface area contributed by atoms with Crippen LogP contribution in [0.3, 0.4) is 0 Å². The molecule has 2 aromatic rings. The van der Waals surface area contributed by atoms with Crippen LogP contribution in [0.4, 0.5) is 5.95 Å². The fourth-order valence-electron chi connectivity index (χ4n) is 1.69. The van der Waals surface area contributed by atoms with E-state index in [1.165, 1.54) is 4.68 Å². The zero-order valence-electron chi connectivity index (χ0n) is 8.96. The first-order valence-corrected chi connectivity index (χ1v) is 5.07. The molecule has 7 heteroatoms. The second-order valence-corrected chi connectivity index (χ2v) is 3.71. The number of anilines is 1. The molecule has 88 valence electrons. The number of hydrogen-bond acceptors (Lipinski definition) is 6. The van der Waals surface area contributed by atoms with Crippen LogP contribution in [0.2, 0.25) is 0 Å². The van der Waals surface area contributed by atoms with Crippen molar-refractivity contribution in [2.24, 2.45) is 0 Å². The minimum absolute atomic E-state index is 0.195. The molecule has 0 fully saturated rings. The van der Waals surface area contributed by atoms with Crippen LogP contribution in [0.25, 0.3) is 0 Å². The van der Waals surface area contributed by atoms with Gasteiger partial charge < -0.3 is 21.1 Å². The van der Waals surface area contributed by atoms with E-state index in [2.05, 4.69) is 10.2 Å². The number of hydrogen-bond donors (Lipinski definition) is 2. The summed E-state index contributed by atoms with van der Waals surface area (Å²) in [5.41, 5.74) is 6.51. The standard InChI is InChI=1S/C10H11N5O2/c11-10-14-13-9(15(10)12)4-6-1-2-7-8(3-6)17-5-16-7/h1-3H,4-5,12H2,(H2,11,14). The predicted molar refractivity (Wildman–Crippen MR) is 60.0 cm³/mol. The molecule has 0 spiro atoms. The molecule has 0 amide bonds. The van der Waals surface area contributed by atoms with E-state index < -0.39 is 0 Å². The van der Waals surface area contributed by atoms with Crippen LogP contribution in [0.1, 0.15) is 11.4 Å². The van der Waals surface area contributed by atoms with E-state index in [-0.39, 0.29) is 12.7 Å². The summed E-state index contributed by atoms with van der Waals surface area (Å²) in [4.78, 5) is 0. The lowest BCUT2D eigenvalue weighted by Gasteiger charge is -2.03. The van der Waals surface area contributed by atoms with E-state index in [1.807, 2.05) is 18.2 Å². The number of benzene rings is 1. The Balaban J connectivity index is 1.88. The normalized spacial score (nSPS) is 12.9. The first-order valence-electron chi connectivity index (χ1n) is 5.07. The Morgan fingerprint density at radius 3 is 2.82 bits per heavy atom. The van der Waals surface area contributed by atoms with Gasteiger partial charge >= 0.3 is 0 Å². The third-order valence-corrected chi connectivity index (χ3v) is 2.59. The number of ether oxygens (including phenoxy) is 2. The summed E-state index contributed by atoms with van der Waals surface area (Å²) in [7, 11) is 0. The number of rotatable bonds is 2. The first-order chi connectivity index (χ1) is 8.24. The number of nitrogens with two attached hydrogens (primary N) is 2. The smallest absolute Gasteiger partial charge is 0.240 e. The Hall–Kier alpha value is -2.44. The fourth-order valence-corrected chi connectivity index (χ4v) is 1.69. The molecule has 17 heavy (non-hydrogen) atoms. The fraction of sp³-hybridized carbons (Fsp3) is 0.200. The summed E-state index contributed by atoms with van der Waals surface area (Å²) in [5, 5.41) is 7.59. The van der Waals surface area contributed by atoms with Crippen LogP contribution < -0.4 is 21.1 Å². The average molecular weight is 233 g/mol. The van der Waals surface area contributed by atoms with Crippen molar-refractivity contribution in [3.05, 3.63) is 29.6 Å². The SMILES string of the molecule is Nc1nnc(Cc2ccc3c(c2)OCO3)n1N. The Labute approximate surface area is 96.9 Å². The van der Waals surface area contributed by atoms with Gasteiger partial charge in [0.15, 0.2) is 17.3 Å². The lowest BCUT2D eigenvalue weighted by Crippen LogP contribution is -2.15. The molecule has 0 bridgehead atoms. The van der Waals surface area contributed by atoms with Crippen LogP contribution in [0, 0.1) is 0 Å². The van der Waals surface area contributed by atoms with Gasteiger partial charge in [-0.25, -0.2) is 4.68 Å². The zero-order chi connectivity index (χ0) is 11.8. The van der Waals surface area contributed by atoms with Crippen molar-refractivity contribution in [3.8, 4) is 11.5 Å². The second kappa shape index (κ2) is 3.55. The van der Waals surface area contributed by atoms with Crippen molar-refractivity contribution < 1.29 is 9.47 Å². The van der Waals surface area contributed by atoms with Crippen molar-refractivity contribution in [2.75, 3.05) is 18.4 Å². The molecule has 0 saturated heterocycles. The summed E-state index contributed by atoms with van der Waals surface area (Å²) in [6, 6.07) is 5.68. The van der Waals surface area contributed by atoms with Crippen LogP contribution in [-0.2, 0) is 6.42 Å². The van der Waals surface area contributed by atoms with Gasteiger partial charge in [-0.2, -0.15) is 0 Å². The molecule has 1 aliphatic rings. The minimum atomic E-state index is 0.195. The van der Waals surface area contributed by atoms with E-state index in [9.17, 15) is 0 Å². The molecule has 3 rings (SSSR count). The molecule has 4 N–H and O–H groups in total. The van der Waals surface area contributed by atoms with Gasteiger partial charge in [-0.15, -0.1) is 10.2 Å². The Morgan fingerprint density at radius 1 is 1.24 bits per heavy atom. The largest absolute Gasteiger partial charge is 0.454 e. The maximum absolute atomic E-state index is 5.67. The number of nitrogen functional groups attached to an aromatic ring is 2. The van der Waals surface area contributed by atoms with E-state index in [4.69, 9.17) is 21.1 Å². The van der Waals surface area contributed by atoms with Crippen LogP contribution in [0.15, 0.2) is 18.2 Å². The minimum Gasteiger partial charge on any atom is -0.454 e. The lowest BCUT2D eigenvalue weighted by molar-refractivity contribution is 0.174. The van der Waals surface area contributed by atoms with E-state index in [0.29, 0.717) is 12.2 Å². The molecule has 0 unspecified atom stereocenters. The number of aromatic nitrogens is 3. The number of fused-ring (bicyclic) bond motifs is 1. The monoisotopic (exact) mass is 233 g/mol. The predicted octanol–water partition coefficient (Wildman–Crippen LogP) is -0.106. The van der Waals surface area contributed by atoms with Crippen molar-refractivity contribution in [3.63, 3.8) is 0 Å². The maximum Gasteiger partial charge on any atom is 0.240 e. The van der Waals surface area contributed by atoms with Crippen molar-refractivity contribution >= 4 is 5.95 Å². The van der Waals surface area contributed by atoms with Gasteiger partial charge in [0.2, 0.25) is 12.7 Å². The summed E-state index contributed by atoms with van der Waals surface area (Å²) in [5.74, 6) is 7.95. The van der Waals surface area contributed by atoms with Gasteiger partial charge in [0.05, 0.1) is 0 Å². The van der Waals surface area contributed by atoms with Gasteiger partial charge in [-0.1, -0.05) is 6.07 Å². The van der Waals surface area contributed by atoms with Gasteiger partial charge in [-0.05, 0) is 17.7 Å². The van der Waals surface area contributed by atoms with Gasteiger partial charge in [0.1, 0.15) is 0 Å². The molecule has 2 heterocycles. The summed E-state index contributed by atoms with van der Waals surface area (Å²) >= 11 is 0. The van der Waals surface area contributed by atoms with E-state index in [1.54, 1.807) is 0 Å². The molecule has 1 aromatic carbocycles. The highest BCUT2D eigenvalue weighted by Crippen LogP contribution is 2.32. The average Bonchev–Trinajstić information content (AvgIpc) is 2.90. The molecule has 0 atom stereocenters. The molecule has 1 aromatic heterocycles. The molecule has 0 aliphatic carbocycles. The molecular weight excluding hydrogens is 222 g/mol. The van der Waals surface area contributed by atoms with Gasteiger partial charge in [-0.3, -0.25) is 0 Å². The maximum atomic E-state index is 5.67. The lowest BCUT2D eigenvalue weighted by atomic mass is 10.1. The van der Waals surface area contributed by atoms with Crippen molar-refractivity contribution in [1.82, 2.24) is 14.9 Å². The van der Waals surface area contributed by atoms with Crippen molar-refractivity contribution in [2.45, 2.75) is 6.42 Å². The van der Waals surface area contributed by atoms with Crippen LogP contribution in [-0.4, -0.2) is 21.7 Å². The van der Waals surface area contributed by atoms with E-state index >= 15 is 0 Å². The summed E-state index contributed by atoms with van der Waals surface area (Å²) in [6.07, 6.45) is 0.539. The van der Waals surface area contributed by atoms with Gasteiger partial charge in [0.25, 0.3) is 0 Å². The summed E-state index contributed by atoms with van der Waals surface area (Å²) in [6.45, 7) is 0.263. The highest BCUT2D eigenvalue weighted by molar-refractivity contribution is 5.45. The second-order valence-electron chi connectivity index (χ2n) is 3.71. The topological polar surface area (TPSA) is 101 Å². The zero-order valence-corrected chi connectivity index (χ0v) is 8.96. The van der Waals surface area contributed by atoms with Gasteiger partial charge in [0, 0.05) is 6.42 Å². The van der Waals surface area contributed by atoms with Crippen LogP contribution in [0.5, 0.6) is 11.5 Å². The molecular formula is C10H11N5O2. The van der Waals surface area contributed by atoms with E-state index in [0.717, 1.165) is 17.1 Å². The molecule has 0 radical (unpaired) electrons. The quantitative estimate of drug-likeness (QED) is 0.702. The first kappa shape index (κ1) is 9.76. The summed E-state index contributed by atoms with van der Waals surface area (Å²) < 4.78 is 11.8. The Morgan fingerprint density at radius 2 is 2.06 bits per heavy atom. The highest BCUT2D eigenvalue weighted by atomic mass is 16.7. The molecule has 7 nitrogen and oxygen atoms in total. The molecule has 0 saturated carbocycles. The molecule has 1 aliphatic heterocycles. The third-order valence-electron chi connectivity index (χ3n) is 2.59. The highest BCUT2D eigenvalue weighted by Gasteiger charge is 2.14. The third kappa shape index (κ3) is 1.61. The van der Waals surface area contributed by atoms with Crippen LogP contribution >= 0.6 is 0 Å². The Kier molecular flexibility index (Phi) is 2.04. The number of nitrogens with zero attached hydrogens (tertiary/aromatic N) is 3.